The Hall–Kier alpha value is -0.570. The van der Waals surface area contributed by atoms with Gasteiger partial charge in [0, 0.05) is 12.5 Å². The van der Waals surface area contributed by atoms with Crippen LogP contribution in [0.2, 0.25) is 0 Å². The van der Waals surface area contributed by atoms with Crippen LogP contribution in [0.5, 0.6) is 0 Å². The molecule has 0 saturated heterocycles. The number of carbonyl (C=O) groups excluding carboxylic acids is 1. The highest BCUT2D eigenvalue weighted by Crippen LogP contribution is 2.42. The molecule has 0 heterocycles. The van der Waals surface area contributed by atoms with Gasteiger partial charge in [0.2, 0.25) is 5.91 Å². The first kappa shape index (κ1) is 15.5. The zero-order chi connectivity index (χ0) is 13.8. The Morgan fingerprint density at radius 2 is 2.00 bits per heavy atom. The zero-order valence-corrected chi connectivity index (χ0v) is 12.5. The molecule has 0 bridgehead atoms. The van der Waals surface area contributed by atoms with Gasteiger partial charge >= 0.3 is 0 Å². The van der Waals surface area contributed by atoms with E-state index in [1.807, 2.05) is 0 Å². The SMILES string of the molecule is CCC(CC)(CN)CNC(=O)C1CCCC1(C)C. The molecular formula is C15H30N2O. The fraction of sp³-hybridized carbons (Fsp3) is 0.933. The van der Waals surface area contributed by atoms with Crippen LogP contribution in [0.4, 0.5) is 0 Å². The second-order valence-electron chi connectivity index (χ2n) is 6.56. The number of nitrogens with two attached hydrogens (primary N) is 1. The van der Waals surface area contributed by atoms with Crippen LogP contribution in [0.15, 0.2) is 0 Å². The van der Waals surface area contributed by atoms with E-state index in [4.69, 9.17) is 5.73 Å². The zero-order valence-electron chi connectivity index (χ0n) is 12.5. The van der Waals surface area contributed by atoms with Gasteiger partial charge in [-0.2, -0.15) is 0 Å². The third-order valence-corrected chi connectivity index (χ3v) is 5.14. The van der Waals surface area contributed by atoms with Crippen LogP contribution in [0.25, 0.3) is 0 Å². The third-order valence-electron chi connectivity index (χ3n) is 5.14. The molecule has 3 N–H and O–H groups in total. The Morgan fingerprint density at radius 1 is 1.39 bits per heavy atom. The summed E-state index contributed by atoms with van der Waals surface area (Å²) < 4.78 is 0. The molecule has 1 saturated carbocycles. The van der Waals surface area contributed by atoms with Gasteiger partial charge in [0.15, 0.2) is 0 Å². The van der Waals surface area contributed by atoms with E-state index in [-0.39, 0.29) is 22.7 Å². The molecule has 3 nitrogen and oxygen atoms in total. The van der Waals surface area contributed by atoms with E-state index in [1.165, 1.54) is 6.42 Å². The summed E-state index contributed by atoms with van der Waals surface area (Å²) in [4.78, 5) is 12.3. The van der Waals surface area contributed by atoms with Crippen LogP contribution in [-0.4, -0.2) is 19.0 Å². The van der Waals surface area contributed by atoms with Crippen molar-refractivity contribution in [1.29, 1.82) is 0 Å². The third kappa shape index (κ3) is 3.25. The molecule has 0 radical (unpaired) electrons. The largest absolute Gasteiger partial charge is 0.355 e. The van der Waals surface area contributed by atoms with E-state index >= 15 is 0 Å². The number of rotatable bonds is 6. The van der Waals surface area contributed by atoms with Gasteiger partial charge in [-0.05, 0) is 43.1 Å². The Bertz CT molecular complexity index is 274. The van der Waals surface area contributed by atoms with Gasteiger partial charge in [-0.25, -0.2) is 0 Å². The molecule has 0 aliphatic heterocycles. The fourth-order valence-corrected chi connectivity index (χ4v) is 3.07. The Balaban J connectivity index is 2.55. The first-order valence-electron chi connectivity index (χ1n) is 7.38. The van der Waals surface area contributed by atoms with Gasteiger partial charge in [-0.3, -0.25) is 4.79 Å². The van der Waals surface area contributed by atoms with Crippen molar-refractivity contribution >= 4 is 5.91 Å². The lowest BCUT2D eigenvalue weighted by molar-refractivity contribution is -0.128. The van der Waals surface area contributed by atoms with Gasteiger partial charge < -0.3 is 11.1 Å². The summed E-state index contributed by atoms with van der Waals surface area (Å²) in [6.45, 7) is 10.1. The van der Waals surface area contributed by atoms with Crippen LogP contribution < -0.4 is 11.1 Å². The number of hydrogen-bond acceptors (Lipinski definition) is 2. The molecule has 0 aromatic heterocycles. The summed E-state index contributed by atoms with van der Waals surface area (Å²) in [6.07, 6.45) is 5.42. The van der Waals surface area contributed by atoms with Gasteiger partial charge in [-0.1, -0.05) is 34.1 Å². The van der Waals surface area contributed by atoms with Gasteiger partial charge in [-0.15, -0.1) is 0 Å². The second-order valence-corrected chi connectivity index (χ2v) is 6.56. The van der Waals surface area contributed by atoms with E-state index in [0.29, 0.717) is 6.54 Å². The van der Waals surface area contributed by atoms with E-state index in [9.17, 15) is 4.79 Å². The van der Waals surface area contributed by atoms with Crippen LogP contribution in [0.3, 0.4) is 0 Å². The number of hydrogen-bond donors (Lipinski definition) is 2. The van der Waals surface area contributed by atoms with Crippen LogP contribution in [-0.2, 0) is 4.79 Å². The van der Waals surface area contributed by atoms with Crippen molar-refractivity contribution in [3.8, 4) is 0 Å². The lowest BCUT2D eigenvalue weighted by Gasteiger charge is -2.32. The molecular weight excluding hydrogens is 224 g/mol. The van der Waals surface area contributed by atoms with Crippen molar-refractivity contribution in [2.75, 3.05) is 13.1 Å². The fourth-order valence-electron chi connectivity index (χ4n) is 3.07. The second kappa shape index (κ2) is 6.05. The van der Waals surface area contributed by atoms with Gasteiger partial charge in [0.05, 0.1) is 0 Å². The smallest absolute Gasteiger partial charge is 0.223 e. The summed E-state index contributed by atoms with van der Waals surface area (Å²) in [5.41, 5.74) is 6.11. The summed E-state index contributed by atoms with van der Waals surface area (Å²) in [7, 11) is 0. The molecule has 0 aromatic carbocycles. The summed E-state index contributed by atoms with van der Waals surface area (Å²) >= 11 is 0. The number of amides is 1. The molecule has 18 heavy (non-hydrogen) atoms. The predicted octanol–water partition coefficient (Wildman–Crippen LogP) is 2.69. The Morgan fingerprint density at radius 3 is 2.39 bits per heavy atom. The lowest BCUT2D eigenvalue weighted by atomic mass is 9.80. The highest BCUT2D eigenvalue weighted by Gasteiger charge is 2.39. The van der Waals surface area contributed by atoms with Gasteiger partial charge in [0.25, 0.3) is 0 Å². The van der Waals surface area contributed by atoms with Crippen LogP contribution in [0, 0.1) is 16.7 Å². The monoisotopic (exact) mass is 254 g/mol. The minimum Gasteiger partial charge on any atom is -0.355 e. The molecule has 1 amide bonds. The van der Waals surface area contributed by atoms with E-state index in [0.717, 1.165) is 32.2 Å². The average Bonchev–Trinajstić information content (AvgIpc) is 2.71. The minimum atomic E-state index is 0.0818. The minimum absolute atomic E-state index is 0.0818. The van der Waals surface area contributed by atoms with Crippen LogP contribution >= 0.6 is 0 Å². The van der Waals surface area contributed by atoms with E-state index in [2.05, 4.69) is 33.0 Å². The molecule has 0 spiro atoms. The molecule has 1 atom stereocenters. The van der Waals surface area contributed by atoms with Crippen molar-refractivity contribution in [3.05, 3.63) is 0 Å². The average molecular weight is 254 g/mol. The van der Waals surface area contributed by atoms with Crippen molar-refractivity contribution in [3.63, 3.8) is 0 Å². The van der Waals surface area contributed by atoms with Crippen molar-refractivity contribution in [2.24, 2.45) is 22.5 Å². The topological polar surface area (TPSA) is 55.1 Å². The van der Waals surface area contributed by atoms with Crippen molar-refractivity contribution < 1.29 is 4.79 Å². The summed E-state index contributed by atoms with van der Waals surface area (Å²) in [5.74, 6) is 0.416. The Labute approximate surface area is 112 Å². The molecule has 0 aromatic rings. The molecule has 3 heteroatoms. The highest BCUT2D eigenvalue weighted by molar-refractivity contribution is 5.79. The highest BCUT2D eigenvalue weighted by atomic mass is 16.1. The maximum Gasteiger partial charge on any atom is 0.223 e. The van der Waals surface area contributed by atoms with E-state index in [1.54, 1.807) is 0 Å². The molecule has 1 fully saturated rings. The number of carbonyl (C=O) groups is 1. The van der Waals surface area contributed by atoms with Crippen molar-refractivity contribution in [2.45, 2.75) is 59.8 Å². The Kier molecular flexibility index (Phi) is 5.20. The maximum atomic E-state index is 12.3. The molecule has 1 aliphatic carbocycles. The first-order valence-corrected chi connectivity index (χ1v) is 7.38. The van der Waals surface area contributed by atoms with Gasteiger partial charge in [0.1, 0.15) is 0 Å². The van der Waals surface area contributed by atoms with E-state index < -0.39 is 0 Å². The standard InChI is InChI=1S/C15H30N2O/c1-5-15(6-2,10-16)11-17-13(18)12-8-7-9-14(12,3)4/h12H,5-11,16H2,1-4H3,(H,17,18). The van der Waals surface area contributed by atoms with Crippen LogP contribution in [0.1, 0.15) is 59.8 Å². The lowest BCUT2D eigenvalue weighted by Crippen LogP contribution is -2.45. The molecule has 1 unspecified atom stereocenters. The molecule has 1 rings (SSSR count). The molecule has 106 valence electrons. The summed E-state index contributed by atoms with van der Waals surface area (Å²) in [5, 5.41) is 3.15. The normalized spacial score (nSPS) is 23.1. The summed E-state index contributed by atoms with van der Waals surface area (Å²) in [6, 6.07) is 0. The maximum absolute atomic E-state index is 12.3. The number of nitrogens with one attached hydrogen (secondary N) is 1. The first-order chi connectivity index (χ1) is 8.40. The van der Waals surface area contributed by atoms with Crippen molar-refractivity contribution in [1.82, 2.24) is 5.32 Å². The quantitative estimate of drug-likeness (QED) is 0.765. The molecule has 1 aliphatic rings. The predicted molar refractivity (Wildman–Crippen MR) is 76.2 cm³/mol.